The van der Waals surface area contributed by atoms with Crippen LogP contribution in [0.1, 0.15) is 16.8 Å². The van der Waals surface area contributed by atoms with Crippen LogP contribution < -0.4 is 0 Å². The average molecular weight is 328 g/mol. The van der Waals surface area contributed by atoms with Gasteiger partial charge in [-0.15, -0.1) is 0 Å². The Kier molecular flexibility index (Phi) is 5.10. The fraction of sp³-hybridized carbons (Fsp3) is 0.167. The van der Waals surface area contributed by atoms with E-state index < -0.39 is 0 Å². The second kappa shape index (κ2) is 7.44. The van der Waals surface area contributed by atoms with Crippen molar-refractivity contribution >= 4 is 11.8 Å². The molecule has 118 valence electrons. The van der Waals surface area contributed by atoms with Crippen LogP contribution in [0.5, 0.6) is 0 Å². The molecular formula is C18H17FN2OS. The Morgan fingerprint density at radius 1 is 1.00 bits per heavy atom. The summed E-state index contributed by atoms with van der Waals surface area (Å²) >= 11 is 1.63. The highest BCUT2D eigenvalue weighted by atomic mass is 32.2. The van der Waals surface area contributed by atoms with Crippen LogP contribution in [0.2, 0.25) is 0 Å². The number of hydrogen-bond acceptors (Lipinski definition) is 3. The van der Waals surface area contributed by atoms with Gasteiger partial charge in [0.25, 0.3) is 0 Å². The van der Waals surface area contributed by atoms with Crippen molar-refractivity contribution in [3.63, 3.8) is 0 Å². The molecule has 1 heterocycles. The maximum absolute atomic E-state index is 13.0. The van der Waals surface area contributed by atoms with Gasteiger partial charge in [0.2, 0.25) is 0 Å². The molecule has 0 unspecified atom stereocenters. The van der Waals surface area contributed by atoms with Crippen LogP contribution in [0.4, 0.5) is 4.39 Å². The number of hydrogen-bond donors (Lipinski definition) is 1. The molecule has 5 heteroatoms. The number of thioether (sulfide) groups is 1. The average Bonchev–Trinajstić information content (AvgIpc) is 2.98. The fourth-order valence-electron chi connectivity index (χ4n) is 2.30. The zero-order valence-corrected chi connectivity index (χ0v) is 13.3. The Bertz CT molecular complexity index is 756. The van der Waals surface area contributed by atoms with Crippen LogP contribution in [0.25, 0.3) is 0 Å². The van der Waals surface area contributed by atoms with Crippen molar-refractivity contribution in [1.82, 2.24) is 9.55 Å². The van der Waals surface area contributed by atoms with Crippen molar-refractivity contribution in [2.45, 2.75) is 24.1 Å². The van der Waals surface area contributed by atoms with E-state index >= 15 is 0 Å². The number of aromatic nitrogens is 2. The molecule has 2 aromatic carbocycles. The lowest BCUT2D eigenvalue weighted by atomic mass is 10.2. The topological polar surface area (TPSA) is 38.1 Å². The smallest absolute Gasteiger partial charge is 0.168 e. The first-order valence-corrected chi connectivity index (χ1v) is 8.31. The second-order valence-electron chi connectivity index (χ2n) is 5.18. The number of rotatable bonds is 6. The summed E-state index contributed by atoms with van der Waals surface area (Å²) in [5.74, 6) is 0.562. The normalized spacial score (nSPS) is 10.9. The first kappa shape index (κ1) is 15.8. The number of aliphatic hydroxyl groups excluding tert-OH is 1. The lowest BCUT2D eigenvalue weighted by molar-refractivity contribution is 0.270. The van der Waals surface area contributed by atoms with E-state index in [9.17, 15) is 9.50 Å². The van der Waals surface area contributed by atoms with Gasteiger partial charge in [-0.25, -0.2) is 9.37 Å². The Morgan fingerprint density at radius 2 is 1.74 bits per heavy atom. The summed E-state index contributed by atoms with van der Waals surface area (Å²) in [6, 6.07) is 16.6. The number of imidazole rings is 1. The van der Waals surface area contributed by atoms with Crippen LogP contribution in [0.3, 0.4) is 0 Å². The molecule has 0 spiro atoms. The highest BCUT2D eigenvalue weighted by Crippen LogP contribution is 2.24. The summed E-state index contributed by atoms with van der Waals surface area (Å²) in [5.41, 5.74) is 2.95. The molecule has 0 bridgehead atoms. The Balaban J connectivity index is 1.78. The number of aliphatic hydroxyl groups is 1. The lowest BCUT2D eigenvalue weighted by Crippen LogP contribution is -2.06. The Labute approximate surface area is 138 Å². The molecule has 3 rings (SSSR count). The quantitative estimate of drug-likeness (QED) is 0.698. The lowest BCUT2D eigenvalue weighted by Gasteiger charge is -2.11. The first-order chi connectivity index (χ1) is 11.3. The van der Waals surface area contributed by atoms with E-state index in [4.69, 9.17) is 0 Å². The van der Waals surface area contributed by atoms with Gasteiger partial charge in [-0.05, 0) is 23.3 Å². The molecule has 0 radical (unpaired) electrons. The highest BCUT2D eigenvalue weighted by Gasteiger charge is 2.11. The summed E-state index contributed by atoms with van der Waals surface area (Å²) in [6.45, 7) is 0.493. The molecule has 0 aliphatic carbocycles. The summed E-state index contributed by atoms with van der Waals surface area (Å²) in [4.78, 5) is 4.41. The minimum atomic E-state index is -0.250. The molecule has 0 saturated heterocycles. The minimum Gasteiger partial charge on any atom is -0.390 e. The third kappa shape index (κ3) is 4.00. The van der Waals surface area contributed by atoms with E-state index in [1.165, 1.54) is 17.7 Å². The van der Waals surface area contributed by atoms with Crippen LogP contribution >= 0.6 is 11.8 Å². The Morgan fingerprint density at radius 3 is 2.43 bits per heavy atom. The van der Waals surface area contributed by atoms with Gasteiger partial charge >= 0.3 is 0 Å². The molecule has 0 saturated carbocycles. The predicted molar refractivity (Wildman–Crippen MR) is 89.7 cm³/mol. The van der Waals surface area contributed by atoms with Crippen molar-refractivity contribution in [2.75, 3.05) is 0 Å². The minimum absolute atomic E-state index is 0.0694. The molecule has 23 heavy (non-hydrogen) atoms. The van der Waals surface area contributed by atoms with Gasteiger partial charge in [-0.2, -0.15) is 0 Å². The predicted octanol–water partition coefficient (Wildman–Crippen LogP) is 3.86. The van der Waals surface area contributed by atoms with E-state index in [0.717, 1.165) is 22.2 Å². The molecule has 1 aromatic heterocycles. The third-order valence-corrected chi connectivity index (χ3v) is 4.59. The molecule has 0 fully saturated rings. The van der Waals surface area contributed by atoms with Crippen LogP contribution in [-0.2, 0) is 18.9 Å². The summed E-state index contributed by atoms with van der Waals surface area (Å²) < 4.78 is 15.0. The molecular weight excluding hydrogens is 311 g/mol. The van der Waals surface area contributed by atoms with Crippen LogP contribution in [0, 0.1) is 5.82 Å². The molecule has 3 aromatic rings. The third-order valence-electron chi connectivity index (χ3n) is 3.53. The monoisotopic (exact) mass is 328 g/mol. The SMILES string of the molecule is OCc1cnc(SCc2ccccc2)n1Cc1ccc(F)cc1. The van der Waals surface area contributed by atoms with Crippen LogP contribution in [0.15, 0.2) is 66.0 Å². The van der Waals surface area contributed by atoms with Crippen molar-refractivity contribution in [3.8, 4) is 0 Å². The first-order valence-electron chi connectivity index (χ1n) is 7.32. The molecule has 0 aliphatic heterocycles. The van der Waals surface area contributed by atoms with E-state index in [-0.39, 0.29) is 12.4 Å². The van der Waals surface area contributed by atoms with E-state index in [0.29, 0.717) is 6.54 Å². The van der Waals surface area contributed by atoms with Gasteiger partial charge in [-0.3, -0.25) is 0 Å². The highest BCUT2D eigenvalue weighted by molar-refractivity contribution is 7.98. The molecule has 1 N–H and O–H groups in total. The van der Waals surface area contributed by atoms with Crippen molar-refractivity contribution < 1.29 is 9.50 Å². The Hall–Kier alpha value is -2.11. The van der Waals surface area contributed by atoms with E-state index in [1.807, 2.05) is 22.8 Å². The molecule has 3 nitrogen and oxygen atoms in total. The fourth-order valence-corrected chi connectivity index (χ4v) is 3.25. The van der Waals surface area contributed by atoms with Gasteiger partial charge < -0.3 is 9.67 Å². The summed E-state index contributed by atoms with van der Waals surface area (Å²) in [7, 11) is 0. The van der Waals surface area contributed by atoms with Crippen LogP contribution in [-0.4, -0.2) is 14.7 Å². The summed E-state index contributed by atoms with van der Waals surface area (Å²) in [5, 5.41) is 10.4. The summed E-state index contributed by atoms with van der Waals surface area (Å²) in [6.07, 6.45) is 1.69. The van der Waals surface area contributed by atoms with Crippen molar-refractivity contribution in [3.05, 3.63) is 83.4 Å². The number of nitrogens with zero attached hydrogens (tertiary/aromatic N) is 2. The molecule has 0 aliphatic rings. The number of benzene rings is 2. The second-order valence-corrected chi connectivity index (χ2v) is 6.12. The zero-order chi connectivity index (χ0) is 16.1. The number of halogens is 1. The maximum atomic E-state index is 13.0. The standard InChI is InChI=1S/C18H17FN2OS/c19-16-8-6-14(7-9-16)11-21-17(12-22)10-20-18(21)23-13-15-4-2-1-3-5-15/h1-10,22H,11-13H2. The molecule has 0 amide bonds. The van der Waals surface area contributed by atoms with E-state index in [2.05, 4.69) is 17.1 Å². The van der Waals surface area contributed by atoms with E-state index in [1.54, 1.807) is 30.1 Å². The van der Waals surface area contributed by atoms with Gasteiger partial charge in [0.1, 0.15) is 5.82 Å². The van der Waals surface area contributed by atoms with Gasteiger partial charge in [-0.1, -0.05) is 54.2 Å². The van der Waals surface area contributed by atoms with Gasteiger partial charge in [0, 0.05) is 12.3 Å². The zero-order valence-electron chi connectivity index (χ0n) is 12.5. The van der Waals surface area contributed by atoms with Crippen molar-refractivity contribution in [1.29, 1.82) is 0 Å². The van der Waals surface area contributed by atoms with Gasteiger partial charge in [0.05, 0.1) is 18.5 Å². The van der Waals surface area contributed by atoms with Crippen molar-refractivity contribution in [2.24, 2.45) is 0 Å². The largest absolute Gasteiger partial charge is 0.390 e. The maximum Gasteiger partial charge on any atom is 0.168 e. The molecule has 0 atom stereocenters. The van der Waals surface area contributed by atoms with Gasteiger partial charge in [0.15, 0.2) is 5.16 Å².